The van der Waals surface area contributed by atoms with Crippen molar-refractivity contribution < 1.29 is 24.1 Å². The number of thiazole rings is 1. The van der Waals surface area contributed by atoms with Gasteiger partial charge in [0.1, 0.15) is 12.4 Å². The highest BCUT2D eigenvalue weighted by Crippen LogP contribution is 2.32. The van der Waals surface area contributed by atoms with Crippen LogP contribution in [-0.2, 0) is 16.1 Å². The van der Waals surface area contributed by atoms with Crippen LogP contribution in [0.3, 0.4) is 0 Å². The van der Waals surface area contributed by atoms with Crippen LogP contribution < -0.4 is 24.4 Å². The zero-order chi connectivity index (χ0) is 30.3. The van der Waals surface area contributed by atoms with Crippen molar-refractivity contribution in [1.29, 1.82) is 0 Å². The largest absolute Gasteiger partial charge is 0.504 e. The standard InChI is InChI=1S/C34H34N2O6S/c1-4-5-9-18-41-26-15-13-25(14-16-26)31-30(33(39)42-21-23-10-7-6-8-11-23)22(2)35-34-36(31)32(38)29(43-34)20-24-12-17-27(37)28(19-24)40-3/h6-8,10-17,19-20,31,37H,4-5,9,18,21H2,1-3H3/b29-20-. The van der Waals surface area contributed by atoms with Gasteiger partial charge in [-0.25, -0.2) is 9.79 Å². The van der Waals surface area contributed by atoms with Crippen LogP contribution >= 0.6 is 11.3 Å². The molecule has 1 aromatic heterocycles. The lowest BCUT2D eigenvalue weighted by Crippen LogP contribution is -2.39. The monoisotopic (exact) mass is 598 g/mol. The van der Waals surface area contributed by atoms with Gasteiger partial charge in [-0.05, 0) is 60.4 Å². The molecule has 9 heteroatoms. The number of nitrogens with zero attached hydrogens (tertiary/aromatic N) is 2. The zero-order valence-corrected chi connectivity index (χ0v) is 25.2. The van der Waals surface area contributed by atoms with Crippen molar-refractivity contribution in [2.75, 3.05) is 13.7 Å². The lowest BCUT2D eigenvalue weighted by atomic mass is 9.96. The Morgan fingerprint density at radius 2 is 1.84 bits per heavy atom. The Bertz CT molecular complexity index is 1810. The van der Waals surface area contributed by atoms with Gasteiger partial charge in [-0.15, -0.1) is 0 Å². The topological polar surface area (TPSA) is 99.4 Å². The highest BCUT2D eigenvalue weighted by atomic mass is 32.1. The number of methoxy groups -OCH3 is 1. The minimum Gasteiger partial charge on any atom is -0.504 e. The molecule has 1 unspecified atom stereocenters. The number of aromatic nitrogens is 1. The van der Waals surface area contributed by atoms with E-state index in [9.17, 15) is 14.7 Å². The van der Waals surface area contributed by atoms with Gasteiger partial charge in [-0.1, -0.05) is 79.6 Å². The lowest BCUT2D eigenvalue weighted by Gasteiger charge is -2.25. The second-order valence-corrected chi connectivity index (χ2v) is 11.2. The van der Waals surface area contributed by atoms with E-state index in [1.54, 1.807) is 29.7 Å². The first-order valence-electron chi connectivity index (χ1n) is 14.2. The number of rotatable bonds is 11. The Balaban J connectivity index is 1.55. The van der Waals surface area contributed by atoms with E-state index in [2.05, 4.69) is 11.9 Å². The van der Waals surface area contributed by atoms with E-state index >= 15 is 0 Å². The molecule has 1 aliphatic rings. The molecule has 2 heterocycles. The third kappa shape index (κ3) is 6.73. The van der Waals surface area contributed by atoms with Crippen LogP contribution in [-0.4, -0.2) is 29.4 Å². The van der Waals surface area contributed by atoms with Gasteiger partial charge in [0, 0.05) is 0 Å². The summed E-state index contributed by atoms with van der Waals surface area (Å²) in [6.07, 6.45) is 4.91. The van der Waals surface area contributed by atoms with E-state index < -0.39 is 12.0 Å². The number of carbonyl (C=O) groups is 1. The minimum atomic E-state index is -0.745. The van der Waals surface area contributed by atoms with E-state index in [4.69, 9.17) is 14.2 Å². The Kier molecular flexibility index (Phi) is 9.41. The zero-order valence-electron chi connectivity index (χ0n) is 24.4. The molecule has 1 atom stereocenters. The normalized spacial score (nSPS) is 14.7. The van der Waals surface area contributed by atoms with Crippen molar-refractivity contribution in [2.45, 2.75) is 45.8 Å². The average Bonchev–Trinajstić information content (AvgIpc) is 3.32. The van der Waals surface area contributed by atoms with Gasteiger partial charge in [0.05, 0.1) is 35.6 Å². The lowest BCUT2D eigenvalue weighted by molar-refractivity contribution is -0.140. The van der Waals surface area contributed by atoms with Gasteiger partial charge in [-0.3, -0.25) is 9.36 Å². The number of esters is 1. The number of phenolic OH excluding ortho intramolecular Hbond substituents is 1. The molecule has 0 bridgehead atoms. The van der Waals surface area contributed by atoms with Crippen molar-refractivity contribution in [3.05, 3.63) is 120 Å². The molecule has 0 saturated carbocycles. The van der Waals surface area contributed by atoms with Crippen LogP contribution in [0, 0.1) is 0 Å². The van der Waals surface area contributed by atoms with Gasteiger partial charge in [-0.2, -0.15) is 0 Å². The van der Waals surface area contributed by atoms with Gasteiger partial charge in [0.25, 0.3) is 5.56 Å². The molecular formula is C34H34N2O6S. The molecule has 222 valence electrons. The number of carbonyl (C=O) groups excluding carboxylic acids is 1. The van der Waals surface area contributed by atoms with Gasteiger partial charge in [0.2, 0.25) is 0 Å². The quantitative estimate of drug-likeness (QED) is 0.187. The van der Waals surface area contributed by atoms with Crippen molar-refractivity contribution in [3.63, 3.8) is 0 Å². The summed E-state index contributed by atoms with van der Waals surface area (Å²) in [4.78, 5) is 32.7. The van der Waals surface area contributed by atoms with E-state index in [-0.39, 0.29) is 17.9 Å². The summed E-state index contributed by atoms with van der Waals surface area (Å²) in [6.45, 7) is 4.63. The van der Waals surface area contributed by atoms with Gasteiger partial charge < -0.3 is 19.3 Å². The van der Waals surface area contributed by atoms with Crippen LogP contribution in [0.2, 0.25) is 0 Å². The second kappa shape index (κ2) is 13.6. The van der Waals surface area contributed by atoms with Crippen LogP contribution in [0.1, 0.15) is 55.8 Å². The Morgan fingerprint density at radius 3 is 2.56 bits per heavy atom. The predicted octanol–water partition coefficient (Wildman–Crippen LogP) is 5.26. The summed E-state index contributed by atoms with van der Waals surface area (Å²) < 4.78 is 18.9. The van der Waals surface area contributed by atoms with Gasteiger partial charge >= 0.3 is 5.97 Å². The number of hydrogen-bond acceptors (Lipinski definition) is 8. The number of benzene rings is 3. The third-order valence-corrected chi connectivity index (χ3v) is 8.15. The van der Waals surface area contributed by atoms with Crippen LogP contribution in [0.25, 0.3) is 6.08 Å². The van der Waals surface area contributed by atoms with Crippen LogP contribution in [0.15, 0.2) is 93.9 Å². The number of unbranched alkanes of at least 4 members (excludes halogenated alkanes) is 2. The summed E-state index contributed by atoms with van der Waals surface area (Å²) in [5.74, 6) is 0.499. The number of ether oxygens (including phenoxy) is 3. The molecule has 5 rings (SSSR count). The maximum absolute atomic E-state index is 13.9. The molecule has 0 radical (unpaired) electrons. The fourth-order valence-corrected chi connectivity index (χ4v) is 5.97. The molecule has 0 saturated heterocycles. The van der Waals surface area contributed by atoms with Crippen molar-refractivity contribution in [1.82, 2.24) is 4.57 Å². The maximum atomic E-state index is 13.9. The van der Waals surface area contributed by atoms with Crippen LogP contribution in [0.4, 0.5) is 0 Å². The number of phenols is 1. The fraction of sp³-hybridized carbons (Fsp3) is 0.265. The first-order chi connectivity index (χ1) is 20.9. The molecule has 8 nitrogen and oxygen atoms in total. The summed E-state index contributed by atoms with van der Waals surface area (Å²) in [5.41, 5.74) is 2.78. The van der Waals surface area contributed by atoms with Crippen molar-refractivity contribution in [3.8, 4) is 17.2 Å². The molecule has 0 amide bonds. The Hall–Kier alpha value is -4.63. The average molecular weight is 599 g/mol. The molecule has 43 heavy (non-hydrogen) atoms. The van der Waals surface area contributed by atoms with E-state index in [0.29, 0.717) is 38.5 Å². The maximum Gasteiger partial charge on any atom is 0.338 e. The predicted molar refractivity (Wildman–Crippen MR) is 166 cm³/mol. The van der Waals surface area contributed by atoms with Crippen molar-refractivity contribution >= 4 is 23.4 Å². The second-order valence-electron chi connectivity index (χ2n) is 10.2. The molecule has 0 spiro atoms. The molecular weight excluding hydrogens is 564 g/mol. The summed E-state index contributed by atoms with van der Waals surface area (Å²) in [5, 5.41) is 9.99. The summed E-state index contributed by atoms with van der Waals surface area (Å²) in [6, 6.07) is 21.1. The van der Waals surface area contributed by atoms with E-state index in [0.717, 1.165) is 36.1 Å². The highest BCUT2D eigenvalue weighted by Gasteiger charge is 2.33. The molecule has 1 N–H and O–H groups in total. The first-order valence-corrected chi connectivity index (χ1v) is 15.0. The number of aromatic hydroxyl groups is 1. The minimum absolute atomic E-state index is 0.00758. The Labute approximate surface area is 253 Å². The Morgan fingerprint density at radius 1 is 1.07 bits per heavy atom. The summed E-state index contributed by atoms with van der Waals surface area (Å²) >= 11 is 1.23. The molecule has 0 aliphatic carbocycles. The molecule has 4 aromatic rings. The molecule has 0 fully saturated rings. The van der Waals surface area contributed by atoms with Gasteiger partial charge in [0.15, 0.2) is 16.3 Å². The number of allylic oxidation sites excluding steroid dienone is 1. The SMILES string of the molecule is CCCCCOc1ccc(C2C(C(=O)OCc3ccccc3)=C(C)N=c3s/c(=C\c4ccc(O)c(OC)c4)c(=O)n32)cc1. The molecule has 1 aliphatic heterocycles. The van der Waals surface area contributed by atoms with Crippen LogP contribution in [0.5, 0.6) is 17.2 Å². The number of hydrogen-bond donors (Lipinski definition) is 1. The third-order valence-electron chi connectivity index (χ3n) is 7.17. The smallest absolute Gasteiger partial charge is 0.338 e. The molecule has 3 aromatic carbocycles. The first kappa shape index (κ1) is 29.8. The highest BCUT2D eigenvalue weighted by molar-refractivity contribution is 7.07. The summed E-state index contributed by atoms with van der Waals surface area (Å²) in [7, 11) is 1.47. The van der Waals surface area contributed by atoms with E-state index in [1.807, 2.05) is 54.6 Å². The number of fused-ring (bicyclic) bond motifs is 1. The fourth-order valence-electron chi connectivity index (χ4n) is 4.92. The van der Waals surface area contributed by atoms with Crippen molar-refractivity contribution in [2.24, 2.45) is 4.99 Å². The van der Waals surface area contributed by atoms with E-state index in [1.165, 1.54) is 24.5 Å².